The summed E-state index contributed by atoms with van der Waals surface area (Å²) in [6, 6.07) is 20.2. The molecule has 0 aromatic heterocycles. The molecule has 0 N–H and O–H groups in total. The van der Waals surface area contributed by atoms with Crippen LogP contribution >= 0.6 is 0 Å². The van der Waals surface area contributed by atoms with E-state index < -0.39 is 25.9 Å². The molecule has 0 aliphatic carbocycles. The predicted octanol–water partition coefficient (Wildman–Crippen LogP) is 4.13. The van der Waals surface area contributed by atoms with Crippen molar-refractivity contribution in [2.45, 2.75) is 37.9 Å². The Morgan fingerprint density at radius 3 is 1.79 bits per heavy atom. The molecule has 0 fully saturated rings. The summed E-state index contributed by atoms with van der Waals surface area (Å²) in [5.41, 5.74) is 1.28. The standard InChI is InChI=1S/C23H30O4Si/c1-17(28(4,5)19-14-10-7-11-15-19)16-20(18-12-8-6-9-13-18)21(22(24)26-2)23(25)27-3/h6-15,17,20-21H,16H2,1-5H3/t17-,20+/m0/s1. The van der Waals surface area contributed by atoms with Crippen LogP contribution in [-0.4, -0.2) is 34.2 Å². The average molecular weight is 399 g/mol. The van der Waals surface area contributed by atoms with Gasteiger partial charge in [0.05, 0.1) is 22.3 Å². The number of carbonyl (C=O) groups is 2. The van der Waals surface area contributed by atoms with E-state index in [2.05, 4.69) is 44.3 Å². The molecule has 0 amide bonds. The molecule has 0 bridgehead atoms. The fourth-order valence-corrected chi connectivity index (χ4v) is 6.14. The maximum Gasteiger partial charge on any atom is 0.320 e. The van der Waals surface area contributed by atoms with E-state index >= 15 is 0 Å². The Hall–Kier alpha value is -2.40. The summed E-state index contributed by atoms with van der Waals surface area (Å²) in [6.07, 6.45) is 0.701. The average Bonchev–Trinajstić information content (AvgIpc) is 2.73. The molecular weight excluding hydrogens is 368 g/mol. The lowest BCUT2D eigenvalue weighted by Crippen LogP contribution is -2.46. The third-order valence-corrected chi connectivity index (χ3v) is 10.4. The molecule has 0 heterocycles. The maximum absolute atomic E-state index is 12.5. The molecule has 0 saturated carbocycles. The normalized spacial score (nSPS) is 13.6. The van der Waals surface area contributed by atoms with Gasteiger partial charge < -0.3 is 9.47 Å². The minimum Gasteiger partial charge on any atom is -0.468 e. The van der Waals surface area contributed by atoms with Crippen LogP contribution in [0.25, 0.3) is 0 Å². The first-order valence-corrected chi connectivity index (χ1v) is 12.7. The van der Waals surface area contributed by atoms with Crippen LogP contribution in [0.4, 0.5) is 0 Å². The highest BCUT2D eigenvalue weighted by Gasteiger charge is 2.41. The lowest BCUT2D eigenvalue weighted by atomic mass is 9.82. The maximum atomic E-state index is 12.5. The second kappa shape index (κ2) is 9.69. The van der Waals surface area contributed by atoms with Gasteiger partial charge in [0, 0.05) is 5.92 Å². The number of methoxy groups -OCH3 is 2. The molecule has 28 heavy (non-hydrogen) atoms. The van der Waals surface area contributed by atoms with Crippen LogP contribution in [-0.2, 0) is 19.1 Å². The summed E-state index contributed by atoms with van der Waals surface area (Å²) in [5, 5.41) is 1.36. The highest BCUT2D eigenvalue weighted by Crippen LogP contribution is 2.38. The smallest absolute Gasteiger partial charge is 0.320 e. The number of carbonyl (C=O) groups excluding carboxylic acids is 2. The molecule has 0 aliphatic heterocycles. The lowest BCUT2D eigenvalue weighted by molar-refractivity contribution is -0.160. The molecule has 0 saturated heterocycles. The molecule has 4 nitrogen and oxygen atoms in total. The number of hydrogen-bond acceptors (Lipinski definition) is 4. The predicted molar refractivity (Wildman–Crippen MR) is 114 cm³/mol. The summed E-state index contributed by atoms with van der Waals surface area (Å²) >= 11 is 0. The Morgan fingerprint density at radius 1 is 0.857 bits per heavy atom. The Kier molecular flexibility index (Phi) is 7.58. The van der Waals surface area contributed by atoms with Gasteiger partial charge >= 0.3 is 11.9 Å². The van der Waals surface area contributed by atoms with Crippen LogP contribution in [0.15, 0.2) is 60.7 Å². The van der Waals surface area contributed by atoms with Gasteiger partial charge in [-0.2, -0.15) is 0 Å². The van der Waals surface area contributed by atoms with E-state index in [1.807, 2.05) is 36.4 Å². The van der Waals surface area contributed by atoms with Crippen molar-refractivity contribution < 1.29 is 19.1 Å². The zero-order valence-corrected chi connectivity index (χ0v) is 18.3. The van der Waals surface area contributed by atoms with Gasteiger partial charge in [0.25, 0.3) is 0 Å². The van der Waals surface area contributed by atoms with E-state index in [1.165, 1.54) is 19.4 Å². The molecule has 0 radical (unpaired) electrons. The quantitative estimate of drug-likeness (QED) is 0.381. The monoisotopic (exact) mass is 398 g/mol. The summed E-state index contributed by atoms with van der Waals surface area (Å²) in [6.45, 7) is 6.89. The van der Waals surface area contributed by atoms with Crippen LogP contribution < -0.4 is 5.19 Å². The van der Waals surface area contributed by atoms with Crippen molar-refractivity contribution in [3.8, 4) is 0 Å². The molecular formula is C23H30O4Si. The second-order valence-corrected chi connectivity index (χ2v) is 12.8. The van der Waals surface area contributed by atoms with E-state index in [0.717, 1.165) is 5.56 Å². The van der Waals surface area contributed by atoms with Crippen molar-refractivity contribution >= 4 is 25.2 Å². The highest BCUT2D eigenvalue weighted by molar-refractivity contribution is 6.90. The minimum atomic E-state index is -1.82. The fraction of sp³-hybridized carbons (Fsp3) is 0.391. The van der Waals surface area contributed by atoms with Gasteiger partial charge in [-0.3, -0.25) is 9.59 Å². The largest absolute Gasteiger partial charge is 0.468 e. The first-order valence-electron chi connectivity index (χ1n) is 9.59. The van der Waals surface area contributed by atoms with Crippen molar-refractivity contribution in [2.24, 2.45) is 5.92 Å². The van der Waals surface area contributed by atoms with Crippen molar-refractivity contribution in [1.82, 2.24) is 0 Å². The second-order valence-electron chi connectivity index (χ2n) is 7.77. The van der Waals surface area contributed by atoms with E-state index in [1.54, 1.807) is 0 Å². The summed E-state index contributed by atoms with van der Waals surface area (Å²) in [5.74, 6) is -2.37. The zero-order valence-electron chi connectivity index (χ0n) is 17.3. The Balaban J connectivity index is 2.42. The minimum absolute atomic E-state index is 0.299. The Morgan fingerprint density at radius 2 is 1.32 bits per heavy atom. The molecule has 5 heteroatoms. The number of hydrogen-bond donors (Lipinski definition) is 0. The van der Waals surface area contributed by atoms with Crippen LogP contribution in [0.2, 0.25) is 18.6 Å². The molecule has 2 aromatic rings. The molecule has 2 aromatic carbocycles. The highest BCUT2D eigenvalue weighted by atomic mass is 28.3. The van der Waals surface area contributed by atoms with Crippen molar-refractivity contribution in [2.75, 3.05) is 14.2 Å². The third-order valence-electron chi connectivity index (χ3n) is 5.90. The molecule has 2 atom stereocenters. The summed E-state index contributed by atoms with van der Waals surface area (Å²) < 4.78 is 9.92. The summed E-state index contributed by atoms with van der Waals surface area (Å²) in [7, 11) is 0.805. The Labute approximate surface area is 168 Å². The van der Waals surface area contributed by atoms with E-state index in [9.17, 15) is 9.59 Å². The van der Waals surface area contributed by atoms with Crippen LogP contribution in [0.3, 0.4) is 0 Å². The van der Waals surface area contributed by atoms with E-state index in [0.29, 0.717) is 12.0 Å². The van der Waals surface area contributed by atoms with Crippen LogP contribution in [0.5, 0.6) is 0 Å². The number of benzene rings is 2. The number of esters is 2. The van der Waals surface area contributed by atoms with Crippen molar-refractivity contribution in [3.05, 3.63) is 66.2 Å². The van der Waals surface area contributed by atoms with Gasteiger partial charge in [0.1, 0.15) is 0 Å². The molecule has 0 aliphatic rings. The van der Waals surface area contributed by atoms with E-state index in [-0.39, 0.29) is 5.92 Å². The van der Waals surface area contributed by atoms with Gasteiger partial charge in [-0.05, 0) is 17.5 Å². The topological polar surface area (TPSA) is 52.6 Å². The fourth-order valence-electron chi connectivity index (χ4n) is 3.67. The molecule has 0 spiro atoms. The SMILES string of the molecule is COC(=O)C(C(=O)OC)[C@H](C[C@H](C)[Si](C)(C)c1ccccc1)c1ccccc1. The van der Waals surface area contributed by atoms with Crippen molar-refractivity contribution in [3.63, 3.8) is 0 Å². The number of ether oxygens (including phenoxy) is 2. The van der Waals surface area contributed by atoms with Gasteiger partial charge in [0.2, 0.25) is 0 Å². The first-order chi connectivity index (χ1) is 13.3. The van der Waals surface area contributed by atoms with Crippen LogP contribution in [0, 0.1) is 5.92 Å². The zero-order chi connectivity index (χ0) is 20.7. The van der Waals surface area contributed by atoms with Gasteiger partial charge in [-0.15, -0.1) is 0 Å². The van der Waals surface area contributed by atoms with Gasteiger partial charge in [-0.25, -0.2) is 0 Å². The van der Waals surface area contributed by atoms with Gasteiger partial charge in [-0.1, -0.05) is 85.9 Å². The lowest BCUT2D eigenvalue weighted by Gasteiger charge is -2.34. The van der Waals surface area contributed by atoms with E-state index in [4.69, 9.17) is 9.47 Å². The van der Waals surface area contributed by atoms with Gasteiger partial charge in [0.15, 0.2) is 5.92 Å². The Bertz CT molecular complexity index is 758. The molecule has 2 rings (SSSR count). The molecule has 150 valence electrons. The van der Waals surface area contributed by atoms with Crippen molar-refractivity contribution in [1.29, 1.82) is 0 Å². The molecule has 0 unspecified atom stereocenters. The number of rotatable bonds is 8. The summed E-state index contributed by atoms with van der Waals surface area (Å²) in [4.78, 5) is 25.0. The van der Waals surface area contributed by atoms with Crippen LogP contribution in [0.1, 0.15) is 24.8 Å². The third kappa shape index (κ3) is 4.90. The first kappa shape index (κ1) is 21.9.